The van der Waals surface area contributed by atoms with Crippen LogP contribution >= 0.6 is 0 Å². The molecule has 6 heteroatoms. The van der Waals surface area contributed by atoms with E-state index in [9.17, 15) is 9.59 Å². The first-order valence-electron chi connectivity index (χ1n) is 4.20. The summed E-state index contributed by atoms with van der Waals surface area (Å²) in [5.41, 5.74) is 0. The molecule has 0 aromatic heterocycles. The minimum Gasteiger partial charge on any atom is -0.396 e. The fourth-order valence-electron chi connectivity index (χ4n) is 0.827. The third-order valence-electron chi connectivity index (χ3n) is 1.66. The van der Waals surface area contributed by atoms with Gasteiger partial charge in [-0.05, 0) is 12.8 Å². The number of aliphatic hydroxyl groups excluding tert-OH is 4. The zero-order valence-corrected chi connectivity index (χ0v) is 7.59. The zero-order valence-electron chi connectivity index (χ0n) is 7.59. The van der Waals surface area contributed by atoms with Crippen LogP contribution in [0.25, 0.3) is 0 Å². The first-order chi connectivity index (χ1) is 6.54. The first kappa shape index (κ1) is 13.2. The van der Waals surface area contributed by atoms with Crippen LogP contribution in [0.1, 0.15) is 12.8 Å². The van der Waals surface area contributed by atoms with Gasteiger partial charge < -0.3 is 20.4 Å². The van der Waals surface area contributed by atoms with E-state index in [0.29, 0.717) is 0 Å². The average molecular weight is 206 g/mol. The van der Waals surface area contributed by atoms with E-state index in [1.807, 2.05) is 0 Å². The van der Waals surface area contributed by atoms with E-state index in [0.717, 1.165) is 0 Å². The second-order valence-electron chi connectivity index (χ2n) is 2.81. The van der Waals surface area contributed by atoms with Crippen LogP contribution in [-0.2, 0) is 9.59 Å². The number of hydrogen-bond acceptors (Lipinski definition) is 6. The lowest BCUT2D eigenvalue weighted by Gasteiger charge is -2.09. The number of rotatable bonds is 7. The van der Waals surface area contributed by atoms with Gasteiger partial charge in [-0.15, -0.1) is 0 Å². The number of aliphatic hydroxyl groups is 4. The quantitative estimate of drug-likeness (QED) is 0.345. The first-order valence-corrected chi connectivity index (χ1v) is 4.20. The van der Waals surface area contributed by atoms with Crippen molar-refractivity contribution >= 4 is 11.6 Å². The summed E-state index contributed by atoms with van der Waals surface area (Å²) in [7, 11) is 0. The molecule has 2 atom stereocenters. The highest BCUT2D eigenvalue weighted by molar-refractivity contribution is 6.40. The summed E-state index contributed by atoms with van der Waals surface area (Å²) in [4.78, 5) is 21.9. The smallest absolute Gasteiger partial charge is 0.231 e. The van der Waals surface area contributed by atoms with E-state index in [1.54, 1.807) is 0 Å². The van der Waals surface area contributed by atoms with Gasteiger partial charge in [-0.2, -0.15) is 0 Å². The summed E-state index contributed by atoms with van der Waals surface area (Å²) >= 11 is 0. The van der Waals surface area contributed by atoms with Gasteiger partial charge in [0.25, 0.3) is 0 Å². The largest absolute Gasteiger partial charge is 0.396 e. The Balaban J connectivity index is 4.10. The Bertz CT molecular complexity index is 202. The summed E-state index contributed by atoms with van der Waals surface area (Å²) in [5.74, 6) is -2.35. The third-order valence-corrected chi connectivity index (χ3v) is 1.66. The zero-order chi connectivity index (χ0) is 11.1. The molecule has 0 fully saturated rings. The second kappa shape index (κ2) is 6.61. The number of Topliss-reactive ketones (excluding diaryl/α,β-unsaturated/α-hetero) is 2. The van der Waals surface area contributed by atoms with Crippen LogP contribution in [0.2, 0.25) is 0 Å². The molecule has 0 saturated heterocycles. The maximum atomic E-state index is 11.0. The molecule has 0 aliphatic rings. The van der Waals surface area contributed by atoms with Gasteiger partial charge in [0.15, 0.2) is 0 Å². The van der Waals surface area contributed by atoms with Crippen molar-refractivity contribution in [1.29, 1.82) is 0 Å². The van der Waals surface area contributed by atoms with Gasteiger partial charge in [-0.1, -0.05) is 0 Å². The molecule has 6 nitrogen and oxygen atoms in total. The molecule has 0 spiro atoms. The average Bonchev–Trinajstić information content (AvgIpc) is 2.22. The van der Waals surface area contributed by atoms with Crippen LogP contribution in [0.4, 0.5) is 0 Å². The van der Waals surface area contributed by atoms with E-state index < -0.39 is 30.4 Å². The standard InChI is InChI=1S/C8H14O6/c9-3-1-2-5(11)7(13)8(14)6(12)4-10/h5-6,9-12H,1-4H2. The van der Waals surface area contributed by atoms with E-state index in [1.165, 1.54) is 0 Å². The molecule has 4 N–H and O–H groups in total. The molecule has 0 aromatic rings. The van der Waals surface area contributed by atoms with Gasteiger partial charge in [-0.3, -0.25) is 9.59 Å². The molecule has 0 aliphatic carbocycles. The molecule has 2 unspecified atom stereocenters. The van der Waals surface area contributed by atoms with Crippen LogP contribution in [0.5, 0.6) is 0 Å². The lowest BCUT2D eigenvalue weighted by atomic mass is 10.0. The topological polar surface area (TPSA) is 115 Å². The molecule has 0 bridgehead atoms. The van der Waals surface area contributed by atoms with E-state index in [2.05, 4.69) is 0 Å². The van der Waals surface area contributed by atoms with Crippen LogP contribution in [0, 0.1) is 0 Å². The van der Waals surface area contributed by atoms with E-state index in [4.69, 9.17) is 20.4 Å². The highest BCUT2D eigenvalue weighted by Gasteiger charge is 2.27. The van der Waals surface area contributed by atoms with Crippen molar-refractivity contribution < 1.29 is 30.0 Å². The van der Waals surface area contributed by atoms with Gasteiger partial charge in [-0.25, -0.2) is 0 Å². The summed E-state index contributed by atoms with van der Waals surface area (Å²) in [6, 6.07) is 0. The Morgan fingerprint density at radius 3 is 1.93 bits per heavy atom. The SMILES string of the molecule is O=C(C(=O)C(O)CCCO)C(O)CO. The lowest BCUT2D eigenvalue weighted by molar-refractivity contribution is -0.147. The van der Waals surface area contributed by atoms with Gasteiger partial charge in [0.05, 0.1) is 6.61 Å². The summed E-state index contributed by atoms with van der Waals surface area (Å²) in [5, 5.41) is 34.6. The molecule has 0 heterocycles. The van der Waals surface area contributed by atoms with E-state index in [-0.39, 0.29) is 19.4 Å². The summed E-state index contributed by atoms with van der Waals surface area (Å²) in [6.45, 7) is -1.04. The Morgan fingerprint density at radius 1 is 1.00 bits per heavy atom. The van der Waals surface area contributed by atoms with Crippen molar-refractivity contribution in [2.75, 3.05) is 13.2 Å². The van der Waals surface area contributed by atoms with Crippen molar-refractivity contribution in [3.63, 3.8) is 0 Å². The molecule has 14 heavy (non-hydrogen) atoms. The fraction of sp³-hybridized carbons (Fsp3) is 0.750. The predicted octanol–water partition coefficient (Wildman–Crippen LogP) is -2.39. The lowest BCUT2D eigenvalue weighted by Crippen LogP contribution is -2.38. The molecule has 0 saturated carbocycles. The van der Waals surface area contributed by atoms with Crippen LogP contribution < -0.4 is 0 Å². The Morgan fingerprint density at radius 2 is 1.50 bits per heavy atom. The molecule has 82 valence electrons. The molecule has 0 amide bonds. The molecule has 0 aliphatic heterocycles. The maximum absolute atomic E-state index is 11.0. The Hall–Kier alpha value is -0.820. The molecule has 0 rings (SSSR count). The minimum absolute atomic E-state index is 0.0424. The monoisotopic (exact) mass is 206 g/mol. The number of hydrogen-bond donors (Lipinski definition) is 4. The normalized spacial score (nSPS) is 14.9. The molecular weight excluding hydrogens is 192 g/mol. The predicted molar refractivity (Wildman–Crippen MR) is 45.4 cm³/mol. The summed E-state index contributed by atoms with van der Waals surface area (Å²) < 4.78 is 0. The van der Waals surface area contributed by atoms with Crippen LogP contribution in [0.3, 0.4) is 0 Å². The van der Waals surface area contributed by atoms with E-state index >= 15 is 0 Å². The summed E-state index contributed by atoms with van der Waals surface area (Å²) in [6.07, 6.45) is -3.14. The molecular formula is C8H14O6. The van der Waals surface area contributed by atoms with Gasteiger partial charge in [0.2, 0.25) is 11.6 Å². The Labute approximate surface area is 80.8 Å². The maximum Gasteiger partial charge on any atom is 0.231 e. The number of carbonyl (C=O) groups excluding carboxylic acids is 2. The van der Waals surface area contributed by atoms with Crippen molar-refractivity contribution in [3.05, 3.63) is 0 Å². The van der Waals surface area contributed by atoms with Gasteiger partial charge >= 0.3 is 0 Å². The molecule has 0 aromatic carbocycles. The molecule has 0 radical (unpaired) electrons. The fourth-order valence-corrected chi connectivity index (χ4v) is 0.827. The number of ketones is 2. The highest BCUT2D eigenvalue weighted by atomic mass is 16.3. The van der Waals surface area contributed by atoms with Crippen molar-refractivity contribution in [2.24, 2.45) is 0 Å². The van der Waals surface area contributed by atoms with Crippen LogP contribution in [0.15, 0.2) is 0 Å². The highest BCUT2D eigenvalue weighted by Crippen LogP contribution is 2.00. The van der Waals surface area contributed by atoms with Crippen LogP contribution in [-0.4, -0.2) is 57.4 Å². The Kier molecular flexibility index (Phi) is 6.22. The van der Waals surface area contributed by atoms with Gasteiger partial charge in [0.1, 0.15) is 12.2 Å². The minimum atomic E-state index is -1.77. The number of carbonyl (C=O) groups is 2. The second-order valence-corrected chi connectivity index (χ2v) is 2.81. The van der Waals surface area contributed by atoms with Crippen molar-refractivity contribution in [3.8, 4) is 0 Å². The van der Waals surface area contributed by atoms with Crippen molar-refractivity contribution in [1.82, 2.24) is 0 Å². The van der Waals surface area contributed by atoms with Gasteiger partial charge in [0, 0.05) is 6.61 Å². The third kappa shape index (κ3) is 3.93. The van der Waals surface area contributed by atoms with Crippen molar-refractivity contribution in [2.45, 2.75) is 25.0 Å².